The molecule has 0 aliphatic rings. The molecule has 1 amide bonds. The lowest BCUT2D eigenvalue weighted by Crippen LogP contribution is -2.20. The van der Waals surface area contributed by atoms with E-state index < -0.39 is 10.1 Å². The van der Waals surface area contributed by atoms with Crippen molar-refractivity contribution < 1.29 is 27.2 Å². The zero-order valence-electron chi connectivity index (χ0n) is 25.3. The zero-order chi connectivity index (χ0) is 31.5. The predicted octanol–water partition coefficient (Wildman–Crippen LogP) is 6.81. The molecule has 3 aromatic rings. The summed E-state index contributed by atoms with van der Waals surface area (Å²) in [6.07, 6.45) is 2.03. The molecule has 0 bridgehead atoms. The second-order valence-electron chi connectivity index (χ2n) is 12.2. The minimum Gasteiger partial charge on any atom is -0.507 e. The molecule has 0 heterocycles. The Labute approximate surface area is 253 Å². The number of carbonyl (C=O) groups is 1. The fourth-order valence-electron chi connectivity index (χ4n) is 4.23. The molecule has 226 valence electrons. The van der Waals surface area contributed by atoms with E-state index in [1.807, 2.05) is 60.6 Å². The smallest absolute Gasteiger partial charge is 0.339 e. The van der Waals surface area contributed by atoms with E-state index in [4.69, 9.17) is 20.5 Å². The fraction of sp³-hybridized carbons (Fsp3) is 0.375. The number of benzene rings is 3. The number of aryl methyl sites for hydroxylation is 2. The molecule has 0 unspecified atom stereocenters. The van der Waals surface area contributed by atoms with Crippen molar-refractivity contribution in [3.05, 3.63) is 81.4 Å². The Kier molecular flexibility index (Phi) is 10.0. The first-order chi connectivity index (χ1) is 19.4. The van der Waals surface area contributed by atoms with Gasteiger partial charge in [0.25, 0.3) is 0 Å². The summed E-state index contributed by atoms with van der Waals surface area (Å²) in [5.41, 5.74) is 5.98. The van der Waals surface area contributed by atoms with Crippen LogP contribution >= 0.6 is 11.6 Å². The maximum absolute atomic E-state index is 12.8. The van der Waals surface area contributed by atoms with Crippen molar-refractivity contribution in [2.75, 3.05) is 7.11 Å². The quantitative estimate of drug-likeness (QED) is 0.155. The number of hydrogen-bond acceptors (Lipinski definition) is 7. The van der Waals surface area contributed by atoms with Gasteiger partial charge in [0.1, 0.15) is 10.6 Å². The summed E-state index contributed by atoms with van der Waals surface area (Å²) in [4.78, 5) is 12.6. The molecule has 0 spiro atoms. The molecule has 0 atom stereocenters. The molecular weight excluding hydrogens is 576 g/mol. The molecule has 0 aliphatic heterocycles. The topological polar surface area (TPSA) is 114 Å². The van der Waals surface area contributed by atoms with E-state index >= 15 is 0 Å². The van der Waals surface area contributed by atoms with Crippen LogP contribution in [0, 0.1) is 6.92 Å². The summed E-state index contributed by atoms with van der Waals surface area (Å²) >= 11 is 6.36. The standard InChI is InChI=1S/C32H39ClN2O6S/c1-20-9-12-23(13-10-20)42(38,39)41-30-26(33)17-22(18-27(30)40-8)19-34-35-28(36)14-11-21-15-24(31(2,3)4)29(37)25(16-21)32(5,6)7/h9-10,12-13,15-19,37H,11,14H2,1-8H3,(H,35,36)/b34-19-. The molecule has 0 aromatic heterocycles. The molecule has 0 saturated carbocycles. The van der Waals surface area contributed by atoms with Crippen molar-refractivity contribution in [2.45, 2.75) is 77.0 Å². The van der Waals surface area contributed by atoms with Crippen LogP contribution < -0.4 is 14.3 Å². The number of aromatic hydroxyl groups is 1. The number of carbonyl (C=O) groups excluding carboxylic acids is 1. The summed E-state index contributed by atoms with van der Waals surface area (Å²) in [5.74, 6) is -0.0658. The van der Waals surface area contributed by atoms with E-state index in [-0.39, 0.29) is 44.6 Å². The van der Waals surface area contributed by atoms with Gasteiger partial charge in [-0.25, -0.2) is 5.43 Å². The number of nitrogens with zero attached hydrogens (tertiary/aromatic N) is 1. The van der Waals surface area contributed by atoms with Gasteiger partial charge < -0.3 is 14.0 Å². The zero-order valence-corrected chi connectivity index (χ0v) is 26.9. The lowest BCUT2D eigenvalue weighted by atomic mass is 9.78. The highest BCUT2D eigenvalue weighted by molar-refractivity contribution is 7.87. The van der Waals surface area contributed by atoms with Crippen LogP contribution in [0.25, 0.3) is 0 Å². The highest BCUT2D eigenvalue weighted by Gasteiger charge is 2.27. The van der Waals surface area contributed by atoms with Crippen LogP contribution in [0.1, 0.15) is 75.8 Å². The SMILES string of the molecule is COc1cc(/C=N\NC(=O)CCc2cc(C(C)(C)C)c(O)c(C(C)(C)C)c2)cc(Cl)c1OS(=O)(=O)c1ccc(C)cc1. The monoisotopic (exact) mass is 614 g/mol. The second-order valence-corrected chi connectivity index (χ2v) is 14.2. The molecule has 0 fully saturated rings. The van der Waals surface area contributed by atoms with Crippen molar-refractivity contribution in [3.63, 3.8) is 0 Å². The third kappa shape index (κ3) is 8.26. The van der Waals surface area contributed by atoms with Gasteiger partial charge in [-0.3, -0.25) is 4.79 Å². The molecule has 0 radical (unpaired) electrons. The van der Waals surface area contributed by atoms with Crippen LogP contribution in [-0.2, 0) is 32.2 Å². The first-order valence-electron chi connectivity index (χ1n) is 13.5. The van der Waals surface area contributed by atoms with E-state index in [0.717, 1.165) is 22.3 Å². The van der Waals surface area contributed by atoms with Gasteiger partial charge in [-0.2, -0.15) is 13.5 Å². The fourth-order valence-corrected chi connectivity index (χ4v) is 5.49. The van der Waals surface area contributed by atoms with E-state index in [0.29, 0.717) is 17.7 Å². The predicted molar refractivity (Wildman–Crippen MR) is 167 cm³/mol. The average Bonchev–Trinajstić information content (AvgIpc) is 2.88. The normalized spacial score (nSPS) is 12.4. The minimum absolute atomic E-state index is 0.00514. The van der Waals surface area contributed by atoms with Crippen LogP contribution in [0.3, 0.4) is 0 Å². The maximum Gasteiger partial charge on any atom is 0.339 e. The summed E-state index contributed by atoms with van der Waals surface area (Å²) in [7, 11) is -2.79. The van der Waals surface area contributed by atoms with Crippen LogP contribution in [0.2, 0.25) is 5.02 Å². The lowest BCUT2D eigenvalue weighted by molar-refractivity contribution is -0.121. The third-order valence-corrected chi connectivity index (χ3v) is 8.10. The van der Waals surface area contributed by atoms with Crippen molar-refractivity contribution in [2.24, 2.45) is 5.10 Å². The van der Waals surface area contributed by atoms with Crippen LogP contribution in [0.15, 0.2) is 58.5 Å². The Morgan fingerprint density at radius 3 is 2.10 bits per heavy atom. The van der Waals surface area contributed by atoms with Crippen LogP contribution in [0.4, 0.5) is 0 Å². The Bertz CT molecular complexity index is 1550. The van der Waals surface area contributed by atoms with Crippen molar-refractivity contribution in [1.29, 1.82) is 0 Å². The number of amides is 1. The van der Waals surface area contributed by atoms with E-state index in [2.05, 4.69) is 10.5 Å². The molecule has 10 heteroatoms. The molecule has 42 heavy (non-hydrogen) atoms. The third-order valence-electron chi connectivity index (χ3n) is 6.58. The Hall–Kier alpha value is -3.56. The first kappa shape index (κ1) is 32.9. The number of halogens is 1. The van der Waals surface area contributed by atoms with E-state index in [1.54, 1.807) is 12.1 Å². The summed E-state index contributed by atoms with van der Waals surface area (Å²) in [6, 6.07) is 13.1. The number of nitrogens with one attached hydrogen (secondary N) is 1. The Morgan fingerprint density at radius 2 is 1.57 bits per heavy atom. The van der Waals surface area contributed by atoms with Gasteiger partial charge in [0.2, 0.25) is 11.7 Å². The number of phenolic OH excluding ortho intramolecular Hbond substituents is 1. The Balaban J connectivity index is 1.71. The van der Waals surface area contributed by atoms with Gasteiger partial charge in [0.15, 0.2) is 5.75 Å². The van der Waals surface area contributed by atoms with Gasteiger partial charge >= 0.3 is 10.1 Å². The van der Waals surface area contributed by atoms with Crippen LogP contribution in [-0.4, -0.2) is 32.8 Å². The molecule has 8 nitrogen and oxygen atoms in total. The van der Waals surface area contributed by atoms with Gasteiger partial charge in [-0.1, -0.05) is 83.0 Å². The van der Waals surface area contributed by atoms with Crippen molar-refractivity contribution in [3.8, 4) is 17.2 Å². The highest BCUT2D eigenvalue weighted by Crippen LogP contribution is 2.40. The number of methoxy groups -OCH3 is 1. The number of phenols is 1. The molecular formula is C32H39ClN2O6S. The van der Waals surface area contributed by atoms with Crippen LogP contribution in [0.5, 0.6) is 17.2 Å². The van der Waals surface area contributed by atoms with Gasteiger partial charge in [-0.15, -0.1) is 0 Å². The summed E-state index contributed by atoms with van der Waals surface area (Å²) < 4.78 is 36.1. The maximum atomic E-state index is 12.8. The molecule has 0 saturated heterocycles. The molecule has 3 aromatic carbocycles. The largest absolute Gasteiger partial charge is 0.507 e. The molecule has 2 N–H and O–H groups in total. The minimum atomic E-state index is -4.15. The van der Waals surface area contributed by atoms with Crippen molar-refractivity contribution in [1.82, 2.24) is 5.43 Å². The highest BCUT2D eigenvalue weighted by atomic mass is 35.5. The Morgan fingerprint density at radius 1 is 1.00 bits per heavy atom. The molecule has 3 rings (SSSR count). The number of ether oxygens (including phenoxy) is 1. The van der Waals surface area contributed by atoms with Gasteiger partial charge in [-0.05, 0) is 70.7 Å². The van der Waals surface area contributed by atoms with E-state index in [9.17, 15) is 18.3 Å². The number of rotatable bonds is 9. The van der Waals surface area contributed by atoms with Gasteiger partial charge in [0, 0.05) is 6.42 Å². The first-order valence-corrected chi connectivity index (χ1v) is 15.3. The summed E-state index contributed by atoms with van der Waals surface area (Å²) in [5, 5.41) is 14.9. The van der Waals surface area contributed by atoms with Gasteiger partial charge in [0.05, 0.1) is 18.3 Å². The lowest BCUT2D eigenvalue weighted by Gasteiger charge is -2.28. The average molecular weight is 615 g/mol. The molecule has 0 aliphatic carbocycles. The summed E-state index contributed by atoms with van der Waals surface area (Å²) in [6.45, 7) is 14.1. The number of hydrazone groups is 1. The van der Waals surface area contributed by atoms with E-state index in [1.165, 1.54) is 37.6 Å². The second kappa shape index (κ2) is 12.8. The van der Waals surface area contributed by atoms with Crippen molar-refractivity contribution >= 4 is 33.8 Å². The number of hydrogen-bond donors (Lipinski definition) is 2.